The van der Waals surface area contributed by atoms with E-state index in [0.717, 1.165) is 22.7 Å². The van der Waals surface area contributed by atoms with Crippen LogP contribution in [0, 0.1) is 13.8 Å². The number of benzene rings is 1. The van der Waals surface area contributed by atoms with Crippen molar-refractivity contribution >= 4 is 17.2 Å². The Bertz CT molecular complexity index is 1170. The van der Waals surface area contributed by atoms with Crippen molar-refractivity contribution in [2.24, 2.45) is 0 Å². The SMILES string of the molecule is COc1ccc(NC(=O)c2cc(C)n3nc(-c4ccccn4)cc3n2)c(C)c1. The minimum absolute atomic E-state index is 0.278. The van der Waals surface area contributed by atoms with Gasteiger partial charge in [-0.1, -0.05) is 6.07 Å². The van der Waals surface area contributed by atoms with E-state index in [4.69, 9.17) is 4.74 Å². The van der Waals surface area contributed by atoms with Crippen LogP contribution in [0.1, 0.15) is 21.7 Å². The molecule has 7 heteroatoms. The Hall–Kier alpha value is -3.74. The van der Waals surface area contributed by atoms with Gasteiger partial charge in [0.05, 0.1) is 12.8 Å². The van der Waals surface area contributed by atoms with Gasteiger partial charge in [0, 0.05) is 23.6 Å². The van der Waals surface area contributed by atoms with E-state index in [1.54, 1.807) is 30.0 Å². The van der Waals surface area contributed by atoms with E-state index in [2.05, 4.69) is 20.4 Å². The van der Waals surface area contributed by atoms with Gasteiger partial charge in [0.1, 0.15) is 17.1 Å². The van der Waals surface area contributed by atoms with Gasteiger partial charge in [-0.25, -0.2) is 9.50 Å². The summed E-state index contributed by atoms with van der Waals surface area (Å²) < 4.78 is 6.91. The van der Waals surface area contributed by atoms with Crippen LogP contribution in [0.5, 0.6) is 5.75 Å². The highest BCUT2D eigenvalue weighted by atomic mass is 16.5. The molecular formula is C21H19N5O2. The summed E-state index contributed by atoms with van der Waals surface area (Å²) >= 11 is 0. The number of ether oxygens (including phenoxy) is 1. The van der Waals surface area contributed by atoms with Gasteiger partial charge in [-0.05, 0) is 55.8 Å². The number of nitrogens with one attached hydrogen (secondary N) is 1. The molecule has 0 unspecified atom stereocenters. The van der Waals surface area contributed by atoms with Crippen molar-refractivity contribution in [3.8, 4) is 17.1 Å². The summed E-state index contributed by atoms with van der Waals surface area (Å²) in [6.07, 6.45) is 1.72. The third-order valence-electron chi connectivity index (χ3n) is 4.45. The number of carbonyl (C=O) groups is 1. The molecule has 0 aliphatic carbocycles. The van der Waals surface area contributed by atoms with Gasteiger partial charge in [-0.15, -0.1) is 0 Å². The predicted molar refractivity (Wildman–Crippen MR) is 107 cm³/mol. The lowest BCUT2D eigenvalue weighted by molar-refractivity contribution is 0.102. The van der Waals surface area contributed by atoms with E-state index in [1.165, 1.54) is 0 Å². The molecular weight excluding hydrogens is 354 g/mol. The van der Waals surface area contributed by atoms with Crippen LogP contribution in [0.25, 0.3) is 17.0 Å². The molecule has 140 valence electrons. The molecule has 3 heterocycles. The minimum atomic E-state index is -0.278. The predicted octanol–water partition coefficient (Wildman–Crippen LogP) is 3.67. The van der Waals surface area contributed by atoms with Crippen molar-refractivity contribution in [3.63, 3.8) is 0 Å². The standard InChI is InChI=1S/C21H19N5O2/c1-13-10-15(28-3)7-8-16(13)24-21(27)19-11-14(2)26-20(23-19)12-18(25-26)17-6-4-5-9-22-17/h4-12H,1-3H3,(H,24,27). The molecule has 0 aliphatic heterocycles. The fourth-order valence-electron chi connectivity index (χ4n) is 2.97. The van der Waals surface area contributed by atoms with Crippen LogP contribution in [-0.2, 0) is 0 Å². The van der Waals surface area contributed by atoms with E-state index in [1.807, 2.05) is 50.2 Å². The van der Waals surface area contributed by atoms with Crippen molar-refractivity contribution in [2.45, 2.75) is 13.8 Å². The number of hydrogen-bond acceptors (Lipinski definition) is 5. The maximum atomic E-state index is 12.7. The molecule has 7 nitrogen and oxygen atoms in total. The molecule has 1 aromatic carbocycles. The lowest BCUT2D eigenvalue weighted by atomic mass is 10.2. The summed E-state index contributed by atoms with van der Waals surface area (Å²) in [5, 5.41) is 7.46. The van der Waals surface area contributed by atoms with Crippen LogP contribution in [0.15, 0.2) is 54.7 Å². The molecule has 3 aromatic heterocycles. The van der Waals surface area contributed by atoms with Gasteiger partial charge in [0.25, 0.3) is 5.91 Å². The van der Waals surface area contributed by atoms with Crippen molar-refractivity contribution in [1.29, 1.82) is 0 Å². The summed E-state index contributed by atoms with van der Waals surface area (Å²) in [4.78, 5) is 21.5. The fraction of sp³-hybridized carbons (Fsp3) is 0.143. The zero-order chi connectivity index (χ0) is 19.7. The maximum absolute atomic E-state index is 12.7. The Balaban J connectivity index is 1.66. The highest BCUT2D eigenvalue weighted by Crippen LogP contribution is 2.22. The first-order valence-corrected chi connectivity index (χ1v) is 8.80. The normalized spacial score (nSPS) is 10.8. The molecule has 0 aliphatic rings. The number of rotatable bonds is 4. The van der Waals surface area contributed by atoms with Crippen LogP contribution in [-0.4, -0.2) is 32.6 Å². The Morgan fingerprint density at radius 3 is 2.64 bits per heavy atom. The molecule has 1 amide bonds. The van der Waals surface area contributed by atoms with Gasteiger partial charge in [0.2, 0.25) is 0 Å². The average Bonchev–Trinajstić information content (AvgIpc) is 3.15. The lowest BCUT2D eigenvalue weighted by Gasteiger charge is -2.10. The second-order valence-electron chi connectivity index (χ2n) is 6.43. The molecule has 0 bridgehead atoms. The third-order valence-corrected chi connectivity index (χ3v) is 4.45. The summed E-state index contributed by atoms with van der Waals surface area (Å²) in [6, 6.07) is 14.7. The Morgan fingerprint density at radius 2 is 1.93 bits per heavy atom. The maximum Gasteiger partial charge on any atom is 0.274 e. The fourth-order valence-corrected chi connectivity index (χ4v) is 2.97. The number of hydrogen-bond donors (Lipinski definition) is 1. The number of pyridine rings is 1. The molecule has 1 N–H and O–H groups in total. The van der Waals surface area contributed by atoms with E-state index in [-0.39, 0.29) is 5.91 Å². The summed E-state index contributed by atoms with van der Waals surface area (Å²) in [5.74, 6) is 0.464. The Kier molecular flexibility index (Phi) is 4.49. The van der Waals surface area contributed by atoms with Gasteiger partial charge in [-0.2, -0.15) is 5.10 Å². The molecule has 0 saturated heterocycles. The van der Waals surface area contributed by atoms with Crippen LogP contribution in [0.4, 0.5) is 5.69 Å². The number of fused-ring (bicyclic) bond motifs is 1. The van der Waals surface area contributed by atoms with E-state index >= 15 is 0 Å². The Morgan fingerprint density at radius 1 is 1.07 bits per heavy atom. The first kappa shape index (κ1) is 17.7. The van der Waals surface area contributed by atoms with Gasteiger partial charge >= 0.3 is 0 Å². The smallest absolute Gasteiger partial charge is 0.274 e. The number of nitrogens with zero attached hydrogens (tertiary/aromatic N) is 4. The molecule has 0 radical (unpaired) electrons. The van der Waals surface area contributed by atoms with Crippen LogP contribution in [0.3, 0.4) is 0 Å². The van der Waals surface area contributed by atoms with Crippen molar-refractivity contribution < 1.29 is 9.53 Å². The van der Waals surface area contributed by atoms with Crippen LogP contribution < -0.4 is 10.1 Å². The number of carbonyl (C=O) groups excluding carboxylic acids is 1. The van der Waals surface area contributed by atoms with Crippen LogP contribution >= 0.6 is 0 Å². The summed E-state index contributed by atoms with van der Waals surface area (Å²) in [6.45, 7) is 3.80. The molecule has 0 fully saturated rings. The molecule has 4 aromatic rings. The topological polar surface area (TPSA) is 81.4 Å². The van der Waals surface area contributed by atoms with Gasteiger partial charge in [0.15, 0.2) is 5.65 Å². The first-order valence-electron chi connectivity index (χ1n) is 8.80. The van der Waals surface area contributed by atoms with E-state index in [0.29, 0.717) is 22.7 Å². The second-order valence-corrected chi connectivity index (χ2v) is 6.43. The first-order chi connectivity index (χ1) is 13.5. The number of anilines is 1. The average molecular weight is 373 g/mol. The van der Waals surface area contributed by atoms with Crippen molar-refractivity contribution in [3.05, 3.63) is 71.7 Å². The monoisotopic (exact) mass is 373 g/mol. The van der Waals surface area contributed by atoms with Gasteiger partial charge in [-0.3, -0.25) is 9.78 Å². The largest absolute Gasteiger partial charge is 0.497 e. The van der Waals surface area contributed by atoms with Gasteiger partial charge < -0.3 is 10.1 Å². The number of aryl methyl sites for hydroxylation is 2. The minimum Gasteiger partial charge on any atom is -0.497 e. The highest BCUT2D eigenvalue weighted by Gasteiger charge is 2.15. The Labute approximate surface area is 162 Å². The lowest BCUT2D eigenvalue weighted by Crippen LogP contribution is -2.16. The van der Waals surface area contributed by atoms with Crippen molar-refractivity contribution in [1.82, 2.24) is 19.6 Å². The zero-order valence-electron chi connectivity index (χ0n) is 15.8. The molecule has 0 saturated carbocycles. The number of methoxy groups -OCH3 is 1. The number of aromatic nitrogens is 4. The quantitative estimate of drug-likeness (QED) is 0.590. The summed E-state index contributed by atoms with van der Waals surface area (Å²) in [7, 11) is 1.61. The molecule has 28 heavy (non-hydrogen) atoms. The molecule has 4 rings (SSSR count). The molecule has 0 atom stereocenters. The summed E-state index contributed by atoms with van der Waals surface area (Å²) in [5.41, 5.74) is 4.82. The third kappa shape index (κ3) is 3.29. The van der Waals surface area contributed by atoms with Crippen molar-refractivity contribution in [2.75, 3.05) is 12.4 Å². The highest BCUT2D eigenvalue weighted by molar-refractivity contribution is 6.03. The zero-order valence-corrected chi connectivity index (χ0v) is 15.8. The van der Waals surface area contributed by atoms with Crippen LogP contribution in [0.2, 0.25) is 0 Å². The second kappa shape index (κ2) is 7.11. The van der Waals surface area contributed by atoms with E-state index in [9.17, 15) is 4.79 Å². The number of amides is 1. The van der Waals surface area contributed by atoms with E-state index < -0.39 is 0 Å². The molecule has 0 spiro atoms.